The minimum atomic E-state index is 0.648. The Hall–Kier alpha value is -1.01. The highest BCUT2D eigenvalue weighted by Gasteiger charge is 2.04. The van der Waals surface area contributed by atoms with E-state index in [1.165, 1.54) is 10.6 Å². The number of thiophene rings is 1. The molecule has 0 aromatic carbocycles. The van der Waals surface area contributed by atoms with Gasteiger partial charge in [-0.15, -0.1) is 11.3 Å². The van der Waals surface area contributed by atoms with Crippen LogP contribution >= 0.6 is 11.3 Å². The van der Waals surface area contributed by atoms with E-state index >= 15 is 0 Å². The Balaban J connectivity index is 2.45. The summed E-state index contributed by atoms with van der Waals surface area (Å²) in [4.78, 5) is 2.22. The number of nitrogens with zero attached hydrogens (tertiary/aromatic N) is 2. The zero-order valence-corrected chi connectivity index (χ0v) is 8.90. The SMILES string of the molecule is Cc1ccsc1N(C)CCCC#N. The maximum absolute atomic E-state index is 8.40. The number of aryl methyl sites for hydroxylation is 1. The fraction of sp³-hybridized carbons (Fsp3) is 0.500. The zero-order valence-electron chi connectivity index (χ0n) is 8.08. The van der Waals surface area contributed by atoms with E-state index in [0.29, 0.717) is 6.42 Å². The molecule has 0 aliphatic rings. The third-order valence-corrected chi connectivity index (χ3v) is 3.09. The number of hydrogen-bond donors (Lipinski definition) is 0. The first kappa shape index (κ1) is 10.1. The van der Waals surface area contributed by atoms with Gasteiger partial charge in [0.1, 0.15) is 0 Å². The van der Waals surface area contributed by atoms with Gasteiger partial charge in [0.25, 0.3) is 0 Å². The van der Waals surface area contributed by atoms with Gasteiger partial charge in [-0.3, -0.25) is 0 Å². The molecule has 0 N–H and O–H groups in total. The molecule has 0 fully saturated rings. The predicted molar refractivity (Wildman–Crippen MR) is 57.2 cm³/mol. The van der Waals surface area contributed by atoms with Crippen molar-refractivity contribution in [3.8, 4) is 6.07 Å². The van der Waals surface area contributed by atoms with Crippen LogP contribution in [0, 0.1) is 18.3 Å². The molecule has 0 aliphatic heterocycles. The molecule has 0 spiro atoms. The van der Waals surface area contributed by atoms with E-state index in [0.717, 1.165) is 13.0 Å². The second kappa shape index (κ2) is 4.88. The standard InChI is InChI=1S/C10H14N2S/c1-9-5-8-13-10(9)12(2)7-4-3-6-11/h5,8H,3-4,7H2,1-2H3. The Morgan fingerprint density at radius 2 is 2.38 bits per heavy atom. The number of nitriles is 1. The normalized spacial score (nSPS) is 9.62. The van der Waals surface area contributed by atoms with Gasteiger partial charge in [-0.1, -0.05) is 0 Å². The van der Waals surface area contributed by atoms with Crippen molar-refractivity contribution in [3.05, 3.63) is 17.0 Å². The molecular formula is C10H14N2S. The second-order valence-corrected chi connectivity index (χ2v) is 3.99. The molecule has 0 saturated carbocycles. The van der Waals surface area contributed by atoms with Crippen LogP contribution in [0.5, 0.6) is 0 Å². The Kier molecular flexibility index (Phi) is 3.78. The van der Waals surface area contributed by atoms with E-state index in [9.17, 15) is 0 Å². The van der Waals surface area contributed by atoms with Gasteiger partial charge in [0.05, 0.1) is 11.1 Å². The molecule has 1 rings (SSSR count). The zero-order chi connectivity index (χ0) is 9.68. The second-order valence-electron chi connectivity index (χ2n) is 3.09. The largest absolute Gasteiger partial charge is 0.366 e. The quantitative estimate of drug-likeness (QED) is 0.689. The highest BCUT2D eigenvalue weighted by molar-refractivity contribution is 7.14. The first-order valence-corrected chi connectivity index (χ1v) is 5.26. The molecule has 70 valence electrons. The summed E-state index contributed by atoms with van der Waals surface area (Å²) in [6.07, 6.45) is 1.60. The van der Waals surface area contributed by atoms with Crippen molar-refractivity contribution < 1.29 is 0 Å². The lowest BCUT2D eigenvalue weighted by Crippen LogP contribution is -2.17. The van der Waals surface area contributed by atoms with Crippen molar-refractivity contribution in [2.24, 2.45) is 0 Å². The van der Waals surface area contributed by atoms with Gasteiger partial charge in [-0.2, -0.15) is 5.26 Å². The lowest BCUT2D eigenvalue weighted by molar-refractivity contribution is 0.810. The molecule has 0 unspecified atom stereocenters. The summed E-state index contributed by atoms with van der Waals surface area (Å²) in [5, 5.41) is 11.8. The van der Waals surface area contributed by atoms with Crippen LogP contribution in [0.3, 0.4) is 0 Å². The van der Waals surface area contributed by atoms with Crippen molar-refractivity contribution in [2.75, 3.05) is 18.5 Å². The van der Waals surface area contributed by atoms with Crippen LogP contribution in [-0.4, -0.2) is 13.6 Å². The van der Waals surface area contributed by atoms with Gasteiger partial charge in [0.15, 0.2) is 0 Å². The Labute approximate surface area is 83.4 Å². The summed E-state index contributed by atoms with van der Waals surface area (Å²) in [5.41, 5.74) is 1.32. The average molecular weight is 194 g/mol. The van der Waals surface area contributed by atoms with E-state index in [1.54, 1.807) is 11.3 Å². The van der Waals surface area contributed by atoms with Gasteiger partial charge in [-0.05, 0) is 30.4 Å². The van der Waals surface area contributed by atoms with Crippen LogP contribution < -0.4 is 4.90 Å². The molecule has 3 heteroatoms. The maximum Gasteiger partial charge on any atom is 0.0935 e. The summed E-state index contributed by atoms with van der Waals surface area (Å²) in [5.74, 6) is 0. The molecule has 1 aromatic rings. The summed E-state index contributed by atoms with van der Waals surface area (Å²) < 4.78 is 0. The number of hydrogen-bond acceptors (Lipinski definition) is 3. The number of rotatable bonds is 4. The molecule has 1 heterocycles. The van der Waals surface area contributed by atoms with Crippen molar-refractivity contribution in [1.82, 2.24) is 0 Å². The van der Waals surface area contributed by atoms with E-state index in [2.05, 4.69) is 36.4 Å². The minimum absolute atomic E-state index is 0.648. The molecule has 0 radical (unpaired) electrons. The smallest absolute Gasteiger partial charge is 0.0935 e. The molecule has 1 aromatic heterocycles. The van der Waals surface area contributed by atoms with E-state index in [4.69, 9.17) is 5.26 Å². The van der Waals surface area contributed by atoms with Crippen LogP contribution in [0.15, 0.2) is 11.4 Å². The van der Waals surface area contributed by atoms with Crippen molar-refractivity contribution in [3.63, 3.8) is 0 Å². The third-order valence-electron chi connectivity index (χ3n) is 1.96. The Bertz CT molecular complexity index is 298. The van der Waals surface area contributed by atoms with Gasteiger partial charge >= 0.3 is 0 Å². The van der Waals surface area contributed by atoms with Crippen LogP contribution in [-0.2, 0) is 0 Å². The minimum Gasteiger partial charge on any atom is -0.366 e. The van der Waals surface area contributed by atoms with E-state index in [1.807, 2.05) is 0 Å². The molecule has 2 nitrogen and oxygen atoms in total. The first-order valence-electron chi connectivity index (χ1n) is 4.38. The lowest BCUT2D eigenvalue weighted by atomic mass is 10.3. The van der Waals surface area contributed by atoms with Crippen LogP contribution in [0.2, 0.25) is 0 Å². The van der Waals surface area contributed by atoms with Crippen LogP contribution in [0.4, 0.5) is 5.00 Å². The van der Waals surface area contributed by atoms with E-state index in [-0.39, 0.29) is 0 Å². The highest BCUT2D eigenvalue weighted by Crippen LogP contribution is 2.25. The molecule has 0 aliphatic carbocycles. The maximum atomic E-state index is 8.40. The first-order chi connectivity index (χ1) is 6.25. The summed E-state index contributed by atoms with van der Waals surface area (Å²) in [6, 6.07) is 4.29. The monoisotopic (exact) mass is 194 g/mol. The van der Waals surface area contributed by atoms with Crippen molar-refractivity contribution in [1.29, 1.82) is 5.26 Å². The summed E-state index contributed by atoms with van der Waals surface area (Å²) in [6.45, 7) is 3.08. The summed E-state index contributed by atoms with van der Waals surface area (Å²) in [7, 11) is 2.08. The molecule has 0 saturated heterocycles. The molecule has 0 atom stereocenters. The van der Waals surface area contributed by atoms with Crippen molar-refractivity contribution >= 4 is 16.3 Å². The van der Waals surface area contributed by atoms with Gasteiger partial charge in [0, 0.05) is 20.0 Å². The number of unbranched alkanes of at least 4 members (excludes halogenated alkanes) is 1. The molecule has 0 amide bonds. The lowest BCUT2D eigenvalue weighted by Gasteiger charge is -2.17. The molecule has 0 bridgehead atoms. The van der Waals surface area contributed by atoms with Crippen LogP contribution in [0.1, 0.15) is 18.4 Å². The van der Waals surface area contributed by atoms with Gasteiger partial charge in [-0.25, -0.2) is 0 Å². The topological polar surface area (TPSA) is 27.0 Å². The van der Waals surface area contributed by atoms with Gasteiger partial charge < -0.3 is 4.90 Å². The molecular weight excluding hydrogens is 180 g/mol. The van der Waals surface area contributed by atoms with E-state index < -0.39 is 0 Å². The average Bonchev–Trinajstić information content (AvgIpc) is 2.52. The Morgan fingerprint density at radius 3 is 2.92 bits per heavy atom. The fourth-order valence-electron chi connectivity index (χ4n) is 1.25. The molecule has 13 heavy (non-hydrogen) atoms. The summed E-state index contributed by atoms with van der Waals surface area (Å²) >= 11 is 1.76. The predicted octanol–water partition coefficient (Wildman–Crippen LogP) is 2.80. The Morgan fingerprint density at radius 1 is 1.62 bits per heavy atom. The fourth-order valence-corrected chi connectivity index (χ4v) is 2.18. The highest BCUT2D eigenvalue weighted by atomic mass is 32.1. The van der Waals surface area contributed by atoms with Gasteiger partial charge in [0.2, 0.25) is 0 Å². The number of anilines is 1. The van der Waals surface area contributed by atoms with Crippen LogP contribution in [0.25, 0.3) is 0 Å². The van der Waals surface area contributed by atoms with Crippen molar-refractivity contribution in [2.45, 2.75) is 19.8 Å². The third kappa shape index (κ3) is 2.74.